The van der Waals surface area contributed by atoms with Crippen molar-refractivity contribution in [3.05, 3.63) is 63.7 Å². The van der Waals surface area contributed by atoms with Gasteiger partial charge in [0, 0.05) is 36.2 Å². The first-order valence-corrected chi connectivity index (χ1v) is 8.78. The molecule has 0 fully saturated rings. The third kappa shape index (κ3) is 4.37. The molecule has 0 unspecified atom stereocenters. The Balaban J connectivity index is 1.75. The van der Waals surface area contributed by atoms with E-state index in [2.05, 4.69) is 31.7 Å². The molecule has 0 aromatic carbocycles. The summed E-state index contributed by atoms with van der Waals surface area (Å²) in [6.45, 7) is 4.53. The van der Waals surface area contributed by atoms with E-state index in [0.29, 0.717) is 23.8 Å². The van der Waals surface area contributed by atoms with E-state index in [-0.39, 0.29) is 0 Å². The first kappa shape index (κ1) is 17.0. The molecular formula is C18H18N6S. The Morgan fingerprint density at radius 3 is 2.88 bits per heavy atom. The van der Waals surface area contributed by atoms with Gasteiger partial charge in [0.2, 0.25) is 5.95 Å². The highest BCUT2D eigenvalue weighted by Gasteiger charge is 2.16. The second kappa shape index (κ2) is 7.81. The van der Waals surface area contributed by atoms with Gasteiger partial charge in [-0.3, -0.25) is 4.98 Å². The van der Waals surface area contributed by atoms with Gasteiger partial charge >= 0.3 is 0 Å². The second-order valence-electron chi connectivity index (χ2n) is 5.58. The van der Waals surface area contributed by atoms with Crippen molar-refractivity contribution in [2.45, 2.75) is 20.3 Å². The van der Waals surface area contributed by atoms with Gasteiger partial charge in [0.25, 0.3) is 0 Å². The number of pyridine rings is 1. The average molecular weight is 350 g/mol. The average Bonchev–Trinajstić information content (AvgIpc) is 3.02. The predicted octanol–water partition coefficient (Wildman–Crippen LogP) is 3.22. The number of hydrogen-bond donors (Lipinski definition) is 2. The van der Waals surface area contributed by atoms with Crippen molar-refractivity contribution in [1.29, 1.82) is 5.26 Å². The van der Waals surface area contributed by atoms with E-state index in [1.807, 2.05) is 43.5 Å². The molecule has 0 atom stereocenters. The van der Waals surface area contributed by atoms with Crippen LogP contribution in [0.1, 0.15) is 24.0 Å². The van der Waals surface area contributed by atoms with Crippen LogP contribution in [0.2, 0.25) is 0 Å². The highest BCUT2D eigenvalue weighted by Crippen LogP contribution is 2.31. The summed E-state index contributed by atoms with van der Waals surface area (Å²) < 4.78 is 0. The number of aryl methyl sites for hydroxylation is 1. The van der Waals surface area contributed by atoms with Gasteiger partial charge in [-0.2, -0.15) is 5.26 Å². The van der Waals surface area contributed by atoms with Gasteiger partial charge in [0.1, 0.15) is 11.6 Å². The summed E-state index contributed by atoms with van der Waals surface area (Å²) in [6.07, 6.45) is 2.56. The molecule has 25 heavy (non-hydrogen) atoms. The maximum Gasteiger partial charge on any atom is 0.223 e. The van der Waals surface area contributed by atoms with Gasteiger partial charge in [-0.05, 0) is 37.5 Å². The number of allylic oxidation sites excluding steroid dienone is 2. The fourth-order valence-electron chi connectivity index (χ4n) is 2.36. The lowest BCUT2D eigenvalue weighted by Crippen LogP contribution is -2.11. The SMILES string of the molecule is CC1=CSC(=C(C#N)c2cc(C)nc(NCCc3ccccn3)n2)N1. The molecule has 2 N–H and O–H groups in total. The van der Waals surface area contributed by atoms with Crippen LogP contribution in [0, 0.1) is 18.3 Å². The van der Waals surface area contributed by atoms with Crippen LogP contribution in [0.3, 0.4) is 0 Å². The summed E-state index contributed by atoms with van der Waals surface area (Å²) in [7, 11) is 0. The molecule has 2 aromatic heterocycles. The summed E-state index contributed by atoms with van der Waals surface area (Å²) in [6, 6.07) is 9.93. The lowest BCUT2D eigenvalue weighted by Gasteiger charge is -2.09. The van der Waals surface area contributed by atoms with E-state index in [0.717, 1.165) is 28.5 Å². The largest absolute Gasteiger partial charge is 0.354 e. The van der Waals surface area contributed by atoms with Crippen LogP contribution in [0.5, 0.6) is 0 Å². The molecule has 0 saturated heterocycles. The highest BCUT2D eigenvalue weighted by molar-refractivity contribution is 8.06. The molecule has 1 aliphatic heterocycles. The van der Waals surface area contributed by atoms with Crippen molar-refractivity contribution in [3.63, 3.8) is 0 Å². The fraction of sp³-hybridized carbons (Fsp3) is 0.222. The molecule has 0 amide bonds. The second-order valence-corrected chi connectivity index (χ2v) is 6.46. The molecule has 1 aliphatic rings. The van der Waals surface area contributed by atoms with E-state index >= 15 is 0 Å². The van der Waals surface area contributed by atoms with Gasteiger partial charge in [0.15, 0.2) is 0 Å². The summed E-state index contributed by atoms with van der Waals surface area (Å²) >= 11 is 1.50. The van der Waals surface area contributed by atoms with Crippen LogP contribution in [0.4, 0.5) is 5.95 Å². The van der Waals surface area contributed by atoms with Crippen molar-refractivity contribution in [3.8, 4) is 6.07 Å². The smallest absolute Gasteiger partial charge is 0.223 e. The van der Waals surface area contributed by atoms with Gasteiger partial charge in [-0.15, -0.1) is 0 Å². The monoisotopic (exact) mass is 350 g/mol. The highest BCUT2D eigenvalue weighted by atomic mass is 32.2. The molecule has 0 aliphatic carbocycles. The Morgan fingerprint density at radius 2 is 2.20 bits per heavy atom. The van der Waals surface area contributed by atoms with Crippen LogP contribution in [-0.4, -0.2) is 21.5 Å². The van der Waals surface area contributed by atoms with Crippen molar-refractivity contribution >= 4 is 23.3 Å². The molecule has 6 nitrogen and oxygen atoms in total. The van der Waals surface area contributed by atoms with Gasteiger partial charge < -0.3 is 10.6 Å². The molecule has 0 bridgehead atoms. The first-order chi connectivity index (χ1) is 12.2. The number of anilines is 1. The topological polar surface area (TPSA) is 86.5 Å². The zero-order valence-electron chi connectivity index (χ0n) is 14.1. The van der Waals surface area contributed by atoms with E-state index in [9.17, 15) is 5.26 Å². The Morgan fingerprint density at radius 1 is 1.32 bits per heavy atom. The van der Waals surface area contributed by atoms with Crippen LogP contribution in [0.25, 0.3) is 5.57 Å². The quantitative estimate of drug-likeness (QED) is 0.801. The minimum Gasteiger partial charge on any atom is -0.354 e. The lowest BCUT2D eigenvalue weighted by atomic mass is 10.2. The van der Waals surface area contributed by atoms with Gasteiger partial charge in [-0.25, -0.2) is 9.97 Å². The van der Waals surface area contributed by atoms with Crippen LogP contribution in [0.15, 0.2) is 46.6 Å². The number of nitrogens with zero attached hydrogens (tertiary/aromatic N) is 4. The molecule has 0 saturated carbocycles. The normalized spacial score (nSPS) is 15.2. The predicted molar refractivity (Wildman–Crippen MR) is 100 cm³/mol. The summed E-state index contributed by atoms with van der Waals surface area (Å²) in [5.41, 5.74) is 3.99. The summed E-state index contributed by atoms with van der Waals surface area (Å²) in [5, 5.41) is 18.8. The maximum absolute atomic E-state index is 9.56. The molecule has 0 spiro atoms. The number of nitrogens with one attached hydrogen (secondary N) is 2. The molecule has 0 radical (unpaired) electrons. The molecule has 3 rings (SSSR count). The zero-order valence-corrected chi connectivity index (χ0v) is 14.9. The number of rotatable bonds is 5. The number of thioether (sulfide) groups is 1. The van der Waals surface area contributed by atoms with Crippen LogP contribution < -0.4 is 10.6 Å². The number of hydrogen-bond acceptors (Lipinski definition) is 7. The molecule has 2 aromatic rings. The third-order valence-electron chi connectivity index (χ3n) is 3.50. The Bertz CT molecular complexity index is 867. The van der Waals surface area contributed by atoms with Gasteiger partial charge in [-0.1, -0.05) is 17.8 Å². The van der Waals surface area contributed by atoms with Crippen molar-refractivity contribution < 1.29 is 0 Å². The maximum atomic E-state index is 9.56. The minimum atomic E-state index is 0.520. The third-order valence-corrected chi connectivity index (χ3v) is 4.52. The molecular weight excluding hydrogens is 332 g/mol. The molecule has 126 valence electrons. The lowest BCUT2D eigenvalue weighted by molar-refractivity contribution is 0.934. The minimum absolute atomic E-state index is 0.520. The van der Waals surface area contributed by atoms with E-state index in [1.54, 1.807) is 6.20 Å². The van der Waals surface area contributed by atoms with E-state index in [4.69, 9.17) is 0 Å². The molecule has 7 heteroatoms. The standard InChI is InChI=1S/C18H18N6S/c1-12-9-16(15(10-19)17-22-13(2)11-25-17)24-18(23-12)21-8-6-14-5-3-4-7-20-14/h3-5,7,9,11,22H,6,8H2,1-2H3,(H,21,23,24). The number of aromatic nitrogens is 3. The van der Waals surface area contributed by atoms with Crippen molar-refractivity contribution in [1.82, 2.24) is 20.3 Å². The summed E-state index contributed by atoms with van der Waals surface area (Å²) in [4.78, 5) is 13.2. The Hall–Kier alpha value is -2.85. The van der Waals surface area contributed by atoms with Crippen molar-refractivity contribution in [2.24, 2.45) is 0 Å². The Kier molecular flexibility index (Phi) is 5.31. The zero-order chi connectivity index (χ0) is 17.6. The molecule has 3 heterocycles. The van der Waals surface area contributed by atoms with E-state index in [1.165, 1.54) is 11.8 Å². The Labute approximate surface area is 151 Å². The first-order valence-electron chi connectivity index (χ1n) is 7.90. The van der Waals surface area contributed by atoms with Crippen LogP contribution in [-0.2, 0) is 6.42 Å². The number of nitriles is 1. The summed E-state index contributed by atoms with van der Waals surface area (Å²) in [5.74, 6) is 0.520. The fourth-order valence-corrected chi connectivity index (χ4v) is 3.20. The van der Waals surface area contributed by atoms with Gasteiger partial charge in [0.05, 0.1) is 10.7 Å². The van der Waals surface area contributed by atoms with Crippen LogP contribution >= 0.6 is 11.8 Å². The van der Waals surface area contributed by atoms with Crippen molar-refractivity contribution in [2.75, 3.05) is 11.9 Å². The van der Waals surface area contributed by atoms with E-state index < -0.39 is 0 Å².